The molecular weight excluding hydrogens is 332 g/mol. The van der Waals surface area contributed by atoms with E-state index in [0.717, 1.165) is 5.56 Å². The molecule has 0 saturated carbocycles. The third kappa shape index (κ3) is 5.31. The van der Waals surface area contributed by atoms with Crippen LogP contribution < -0.4 is 11.1 Å². The number of carbonyl (C=O) groups is 3. The van der Waals surface area contributed by atoms with E-state index >= 15 is 0 Å². The Morgan fingerprint density at radius 2 is 1.96 bits per heavy atom. The predicted octanol–water partition coefficient (Wildman–Crippen LogP) is 1.17. The molecule has 2 atom stereocenters. The molecule has 0 aliphatic carbocycles. The molecule has 0 spiro atoms. The van der Waals surface area contributed by atoms with E-state index < -0.39 is 34.9 Å². The van der Waals surface area contributed by atoms with Gasteiger partial charge in [0.05, 0.1) is 0 Å². The predicted molar refractivity (Wildman–Crippen MR) is 90.6 cm³/mol. The van der Waals surface area contributed by atoms with Crippen molar-refractivity contribution in [2.24, 2.45) is 11.1 Å². The summed E-state index contributed by atoms with van der Waals surface area (Å²) >= 11 is 1.43. The lowest BCUT2D eigenvalue weighted by Gasteiger charge is -2.30. The normalized spacial score (nSPS) is 15.2. The Morgan fingerprint density at radius 1 is 1.33 bits per heavy atom. The zero-order valence-electron chi connectivity index (χ0n) is 14.3. The van der Waals surface area contributed by atoms with Crippen LogP contribution in [0, 0.1) is 5.41 Å². The van der Waals surface area contributed by atoms with Gasteiger partial charge in [0.1, 0.15) is 11.6 Å². The fourth-order valence-corrected chi connectivity index (χ4v) is 2.50. The second-order valence-electron chi connectivity index (χ2n) is 6.74. The molecule has 1 rings (SSSR count). The van der Waals surface area contributed by atoms with Gasteiger partial charge in [-0.25, -0.2) is 4.79 Å². The lowest BCUT2D eigenvalue weighted by molar-refractivity contribution is -0.170. The van der Waals surface area contributed by atoms with Gasteiger partial charge < -0.3 is 20.9 Å². The van der Waals surface area contributed by atoms with Gasteiger partial charge in [0.25, 0.3) is 0 Å². The Morgan fingerprint density at radius 3 is 2.38 bits per heavy atom. The van der Waals surface area contributed by atoms with Crippen molar-refractivity contribution in [1.29, 1.82) is 0 Å². The van der Waals surface area contributed by atoms with Crippen molar-refractivity contribution in [3.63, 3.8) is 0 Å². The summed E-state index contributed by atoms with van der Waals surface area (Å²) < 4.78 is 5.24. The lowest BCUT2D eigenvalue weighted by Crippen LogP contribution is -2.55. The van der Waals surface area contributed by atoms with Crippen LogP contribution in [0.1, 0.15) is 33.3 Å². The number of nitrogens with two attached hydrogens (primary N) is 1. The number of hydrogen-bond acceptors (Lipinski definition) is 6. The van der Waals surface area contributed by atoms with Crippen molar-refractivity contribution in [3.05, 3.63) is 22.4 Å². The van der Waals surface area contributed by atoms with Gasteiger partial charge in [-0.05, 0) is 50.1 Å². The number of nitrogens with one attached hydrogen (secondary N) is 1. The molecule has 0 fully saturated rings. The lowest BCUT2D eigenvalue weighted by atomic mass is 9.88. The van der Waals surface area contributed by atoms with Crippen molar-refractivity contribution in [3.8, 4) is 0 Å². The van der Waals surface area contributed by atoms with E-state index in [9.17, 15) is 19.5 Å². The van der Waals surface area contributed by atoms with Gasteiger partial charge in [-0.1, -0.05) is 0 Å². The summed E-state index contributed by atoms with van der Waals surface area (Å²) in [5.41, 5.74) is 3.96. The summed E-state index contributed by atoms with van der Waals surface area (Å²) in [5.74, 6) is -2.73. The maximum atomic E-state index is 12.5. The van der Waals surface area contributed by atoms with E-state index in [1.54, 1.807) is 32.2 Å². The summed E-state index contributed by atoms with van der Waals surface area (Å²) in [4.78, 5) is 36.2. The first-order valence-electron chi connectivity index (χ1n) is 7.48. The van der Waals surface area contributed by atoms with E-state index in [2.05, 4.69) is 5.32 Å². The standard InChI is InChI=1S/C16H24N2O5S/c1-15(2,3)23-14(22)16(4,9-17)13(21)18-11(12(19)20)7-10-5-6-24-8-10/h5-6,8,11H,7,9,17H2,1-4H3,(H,18,21)(H,19,20). The van der Waals surface area contributed by atoms with E-state index in [4.69, 9.17) is 10.5 Å². The molecule has 4 N–H and O–H groups in total. The van der Waals surface area contributed by atoms with Crippen molar-refractivity contribution < 1.29 is 24.2 Å². The van der Waals surface area contributed by atoms with Crippen LogP contribution in [0.25, 0.3) is 0 Å². The van der Waals surface area contributed by atoms with Crippen LogP contribution in [0.2, 0.25) is 0 Å². The highest BCUT2D eigenvalue weighted by Gasteiger charge is 2.44. The minimum atomic E-state index is -1.66. The fraction of sp³-hybridized carbons (Fsp3) is 0.562. The maximum Gasteiger partial charge on any atom is 0.326 e. The molecular formula is C16H24N2O5S. The van der Waals surface area contributed by atoms with Crippen molar-refractivity contribution >= 4 is 29.2 Å². The van der Waals surface area contributed by atoms with Gasteiger partial charge in [0.2, 0.25) is 5.91 Å². The van der Waals surface area contributed by atoms with Gasteiger partial charge >= 0.3 is 11.9 Å². The Labute approximate surface area is 145 Å². The molecule has 134 valence electrons. The average Bonchev–Trinajstić information content (AvgIpc) is 2.96. The number of carboxylic acid groups (broad SMARTS) is 1. The third-order valence-electron chi connectivity index (χ3n) is 3.38. The molecule has 1 amide bonds. The Hall–Kier alpha value is -1.93. The minimum absolute atomic E-state index is 0.125. The first kappa shape index (κ1) is 20.1. The topological polar surface area (TPSA) is 119 Å². The molecule has 1 aromatic rings. The van der Waals surface area contributed by atoms with Crippen molar-refractivity contribution in [2.75, 3.05) is 6.54 Å². The van der Waals surface area contributed by atoms with Crippen LogP contribution in [0.15, 0.2) is 16.8 Å². The number of rotatable bonds is 7. The van der Waals surface area contributed by atoms with Crippen LogP contribution >= 0.6 is 11.3 Å². The number of aliphatic carboxylic acids is 1. The molecule has 8 heteroatoms. The largest absolute Gasteiger partial charge is 0.480 e. The molecule has 0 bridgehead atoms. The van der Waals surface area contributed by atoms with E-state index in [-0.39, 0.29) is 13.0 Å². The highest BCUT2D eigenvalue weighted by Crippen LogP contribution is 2.22. The summed E-state index contributed by atoms with van der Waals surface area (Å²) in [5, 5.41) is 15.3. The number of thiophene rings is 1. The van der Waals surface area contributed by atoms with Crippen molar-refractivity contribution in [1.82, 2.24) is 5.32 Å². The number of hydrogen-bond donors (Lipinski definition) is 3. The van der Waals surface area contributed by atoms with E-state index in [1.807, 2.05) is 5.38 Å². The van der Waals surface area contributed by atoms with Gasteiger partial charge in [0, 0.05) is 13.0 Å². The van der Waals surface area contributed by atoms with Crippen molar-refractivity contribution in [2.45, 2.75) is 45.8 Å². The second kappa shape index (κ2) is 7.76. The highest BCUT2D eigenvalue weighted by atomic mass is 32.1. The zero-order chi connectivity index (χ0) is 18.5. The molecule has 24 heavy (non-hydrogen) atoms. The van der Waals surface area contributed by atoms with Crippen LogP contribution in [0.3, 0.4) is 0 Å². The number of ether oxygens (including phenoxy) is 1. The molecule has 0 saturated heterocycles. The molecule has 0 aliphatic heterocycles. The molecule has 0 radical (unpaired) electrons. The van der Waals surface area contributed by atoms with Gasteiger partial charge in [-0.2, -0.15) is 11.3 Å². The van der Waals surface area contributed by atoms with Gasteiger partial charge in [-0.3, -0.25) is 9.59 Å². The van der Waals surface area contributed by atoms with E-state index in [0.29, 0.717) is 0 Å². The second-order valence-corrected chi connectivity index (χ2v) is 7.52. The monoisotopic (exact) mass is 356 g/mol. The van der Waals surface area contributed by atoms with Gasteiger partial charge in [-0.15, -0.1) is 0 Å². The van der Waals surface area contributed by atoms with Gasteiger partial charge in [0.15, 0.2) is 5.41 Å². The number of carbonyl (C=O) groups excluding carboxylic acids is 2. The number of esters is 1. The summed E-state index contributed by atoms with van der Waals surface area (Å²) in [7, 11) is 0. The number of amides is 1. The Kier molecular flexibility index (Phi) is 6.50. The Balaban J connectivity index is 2.90. The fourth-order valence-electron chi connectivity index (χ4n) is 1.82. The minimum Gasteiger partial charge on any atom is -0.480 e. The molecule has 1 aromatic heterocycles. The quantitative estimate of drug-likeness (QED) is 0.498. The number of carboxylic acids is 1. The SMILES string of the molecule is CC(C)(C)OC(=O)C(C)(CN)C(=O)NC(Cc1ccsc1)C(=O)O. The summed E-state index contributed by atoms with van der Waals surface area (Å²) in [6.45, 7) is 6.08. The zero-order valence-corrected chi connectivity index (χ0v) is 15.1. The van der Waals surface area contributed by atoms with Crippen LogP contribution in [-0.2, 0) is 25.5 Å². The smallest absolute Gasteiger partial charge is 0.326 e. The van der Waals surface area contributed by atoms with Crippen LogP contribution in [-0.4, -0.2) is 41.1 Å². The highest BCUT2D eigenvalue weighted by molar-refractivity contribution is 7.07. The van der Waals surface area contributed by atoms with Crippen LogP contribution in [0.5, 0.6) is 0 Å². The molecule has 0 aromatic carbocycles. The summed E-state index contributed by atoms with van der Waals surface area (Å²) in [6.07, 6.45) is 0.125. The molecule has 2 unspecified atom stereocenters. The Bertz CT molecular complexity index is 594. The first-order valence-corrected chi connectivity index (χ1v) is 8.42. The average molecular weight is 356 g/mol. The molecule has 1 heterocycles. The van der Waals surface area contributed by atoms with E-state index in [1.165, 1.54) is 18.3 Å². The maximum absolute atomic E-state index is 12.5. The van der Waals surface area contributed by atoms with Crippen LogP contribution in [0.4, 0.5) is 0 Å². The third-order valence-corrected chi connectivity index (χ3v) is 4.11. The summed E-state index contributed by atoms with van der Waals surface area (Å²) in [6, 6.07) is 0.628. The molecule has 0 aliphatic rings. The molecule has 7 nitrogen and oxygen atoms in total. The first-order chi connectivity index (χ1) is 11.0.